The van der Waals surface area contributed by atoms with Crippen molar-refractivity contribution in [3.05, 3.63) is 52.6 Å². The summed E-state index contributed by atoms with van der Waals surface area (Å²) in [5.74, 6) is 0.105. The molecule has 0 unspecified atom stereocenters. The third kappa shape index (κ3) is 8.39. The van der Waals surface area contributed by atoms with Crippen LogP contribution in [0.2, 0.25) is 0 Å². The van der Waals surface area contributed by atoms with Crippen molar-refractivity contribution < 1.29 is 29.0 Å². The molecule has 0 bridgehead atoms. The first-order chi connectivity index (χ1) is 16.1. The van der Waals surface area contributed by atoms with Crippen LogP contribution < -0.4 is 4.90 Å². The Bertz CT molecular complexity index is 892. The Labute approximate surface area is 191 Å². The lowest BCUT2D eigenvalue weighted by molar-refractivity contribution is -0.384. The number of phenolic OH excluding ortho intramolecular Hbond substituents is 1. The van der Waals surface area contributed by atoms with Crippen LogP contribution in [0.25, 0.3) is 0 Å². The molecule has 33 heavy (non-hydrogen) atoms. The topological polar surface area (TPSA) is 128 Å². The van der Waals surface area contributed by atoms with E-state index in [2.05, 4.69) is 10.2 Å². The van der Waals surface area contributed by atoms with Crippen molar-refractivity contribution in [2.75, 3.05) is 70.8 Å². The number of rotatable bonds is 4. The van der Waals surface area contributed by atoms with Gasteiger partial charge in [0.2, 0.25) is 0 Å². The van der Waals surface area contributed by atoms with Gasteiger partial charge in [-0.1, -0.05) is 0 Å². The summed E-state index contributed by atoms with van der Waals surface area (Å²) in [6.07, 6.45) is 0. The zero-order chi connectivity index (χ0) is 23.3. The first-order valence-electron chi connectivity index (χ1n) is 10.7. The molecule has 0 radical (unpaired) electrons. The van der Waals surface area contributed by atoms with E-state index in [4.69, 9.17) is 18.9 Å². The lowest BCUT2D eigenvalue weighted by atomic mass is 10.2. The molecule has 0 spiro atoms. The lowest BCUT2D eigenvalue weighted by Gasteiger charge is -2.25. The first-order valence-corrected chi connectivity index (χ1v) is 10.7. The molecule has 0 aliphatic carbocycles. The minimum Gasteiger partial charge on any atom is -0.506 e. The van der Waals surface area contributed by atoms with Gasteiger partial charge < -0.3 is 29.0 Å². The highest BCUT2D eigenvalue weighted by molar-refractivity contribution is 5.64. The van der Waals surface area contributed by atoms with Gasteiger partial charge in [0.05, 0.1) is 74.8 Å². The Hall–Kier alpha value is -3.12. The van der Waals surface area contributed by atoms with Crippen LogP contribution in [0, 0.1) is 10.1 Å². The van der Waals surface area contributed by atoms with Crippen molar-refractivity contribution in [3.63, 3.8) is 0 Å². The SMILES string of the molecule is O=[N+]([O-])c1ccc(N=Nc2ccc(O)c(N3CCOCCOCCOCCOCC3)c2)cc1. The summed E-state index contributed by atoms with van der Waals surface area (Å²) in [6, 6.07) is 10.7. The van der Waals surface area contributed by atoms with E-state index in [0.717, 1.165) is 0 Å². The van der Waals surface area contributed by atoms with Gasteiger partial charge in [-0.05, 0) is 30.3 Å². The van der Waals surface area contributed by atoms with Crippen molar-refractivity contribution >= 4 is 22.7 Å². The van der Waals surface area contributed by atoms with Crippen LogP contribution in [0.4, 0.5) is 22.7 Å². The van der Waals surface area contributed by atoms with Crippen molar-refractivity contribution in [2.45, 2.75) is 0 Å². The standard InChI is InChI=1S/C22H28N4O7/c27-22-6-3-19(24-23-18-1-4-20(5-2-18)26(28)29)17-21(22)25-7-9-30-11-13-32-15-16-33-14-12-31-10-8-25/h1-6,17,27H,7-16H2. The molecule has 1 N–H and O–H groups in total. The third-order valence-electron chi connectivity index (χ3n) is 4.77. The number of anilines is 1. The molecule has 11 nitrogen and oxygen atoms in total. The minimum absolute atomic E-state index is 0.0133. The van der Waals surface area contributed by atoms with E-state index in [1.54, 1.807) is 18.2 Å². The van der Waals surface area contributed by atoms with Crippen LogP contribution in [-0.4, -0.2) is 76.0 Å². The maximum atomic E-state index is 10.8. The Morgan fingerprint density at radius 1 is 0.758 bits per heavy atom. The maximum Gasteiger partial charge on any atom is 0.269 e. The summed E-state index contributed by atoms with van der Waals surface area (Å²) in [4.78, 5) is 12.3. The average molecular weight is 460 g/mol. The molecule has 2 aromatic carbocycles. The molecule has 0 atom stereocenters. The van der Waals surface area contributed by atoms with Crippen molar-refractivity contribution in [2.24, 2.45) is 10.2 Å². The number of azo groups is 1. The third-order valence-corrected chi connectivity index (χ3v) is 4.77. The number of nitro benzene ring substituents is 1. The Kier molecular flexibility index (Phi) is 9.98. The summed E-state index contributed by atoms with van der Waals surface area (Å²) in [7, 11) is 0. The van der Waals surface area contributed by atoms with E-state index in [1.165, 1.54) is 24.3 Å². The summed E-state index contributed by atoms with van der Waals surface area (Å²) in [5, 5.41) is 29.6. The molecule has 1 saturated heterocycles. The number of phenols is 1. The first kappa shape index (κ1) is 24.5. The molecule has 2 aromatic rings. The smallest absolute Gasteiger partial charge is 0.269 e. The molecule has 1 fully saturated rings. The van der Waals surface area contributed by atoms with E-state index in [0.29, 0.717) is 83.0 Å². The molecular formula is C22H28N4O7. The number of aromatic hydroxyl groups is 1. The van der Waals surface area contributed by atoms with Crippen LogP contribution >= 0.6 is 0 Å². The molecular weight excluding hydrogens is 432 g/mol. The number of nitro groups is 1. The largest absolute Gasteiger partial charge is 0.506 e. The summed E-state index contributed by atoms with van der Waals surface area (Å²) < 4.78 is 22.2. The molecule has 1 aliphatic heterocycles. The van der Waals surface area contributed by atoms with Gasteiger partial charge in [0, 0.05) is 25.2 Å². The zero-order valence-electron chi connectivity index (χ0n) is 18.3. The number of hydrogen-bond acceptors (Lipinski definition) is 10. The van der Waals surface area contributed by atoms with E-state index in [9.17, 15) is 15.2 Å². The Balaban J connectivity index is 1.69. The van der Waals surface area contributed by atoms with E-state index in [1.807, 2.05) is 4.90 Å². The number of nitrogens with zero attached hydrogens (tertiary/aromatic N) is 4. The molecule has 3 rings (SSSR count). The molecule has 178 valence electrons. The Morgan fingerprint density at radius 2 is 1.24 bits per heavy atom. The van der Waals surface area contributed by atoms with E-state index in [-0.39, 0.29) is 11.4 Å². The number of ether oxygens (including phenoxy) is 4. The van der Waals surface area contributed by atoms with Gasteiger partial charge in [-0.3, -0.25) is 10.1 Å². The predicted octanol–water partition coefficient (Wildman–Crippen LogP) is 3.60. The molecule has 1 heterocycles. The van der Waals surface area contributed by atoms with Crippen LogP contribution in [0.5, 0.6) is 5.75 Å². The molecule has 0 aromatic heterocycles. The van der Waals surface area contributed by atoms with Crippen molar-refractivity contribution in [1.29, 1.82) is 0 Å². The zero-order valence-corrected chi connectivity index (χ0v) is 18.3. The summed E-state index contributed by atoms with van der Waals surface area (Å²) >= 11 is 0. The molecule has 0 saturated carbocycles. The number of hydrogen-bond donors (Lipinski definition) is 1. The second-order valence-electron chi connectivity index (χ2n) is 7.08. The summed E-state index contributed by atoms with van der Waals surface area (Å²) in [5.41, 5.74) is 1.58. The minimum atomic E-state index is -0.469. The molecule has 0 amide bonds. The molecule has 11 heteroatoms. The second kappa shape index (κ2) is 13.4. The quantitative estimate of drug-likeness (QED) is 0.416. The van der Waals surface area contributed by atoms with Crippen LogP contribution in [-0.2, 0) is 18.9 Å². The normalized spacial score (nSPS) is 17.4. The fourth-order valence-corrected chi connectivity index (χ4v) is 3.05. The monoisotopic (exact) mass is 460 g/mol. The van der Waals surface area contributed by atoms with Gasteiger partial charge in [-0.15, -0.1) is 0 Å². The highest BCUT2D eigenvalue weighted by Crippen LogP contribution is 2.32. The number of benzene rings is 2. The van der Waals surface area contributed by atoms with Gasteiger partial charge >= 0.3 is 0 Å². The van der Waals surface area contributed by atoms with Gasteiger partial charge in [-0.25, -0.2) is 0 Å². The highest BCUT2D eigenvalue weighted by Gasteiger charge is 2.13. The molecule has 1 aliphatic rings. The van der Waals surface area contributed by atoms with E-state index < -0.39 is 4.92 Å². The van der Waals surface area contributed by atoms with Gasteiger partial charge in [-0.2, -0.15) is 10.2 Å². The van der Waals surface area contributed by atoms with Crippen molar-refractivity contribution in [3.8, 4) is 5.75 Å². The van der Waals surface area contributed by atoms with Crippen LogP contribution in [0.15, 0.2) is 52.7 Å². The predicted molar refractivity (Wildman–Crippen MR) is 121 cm³/mol. The fraction of sp³-hybridized carbons (Fsp3) is 0.455. The lowest BCUT2D eigenvalue weighted by Crippen LogP contribution is -2.31. The van der Waals surface area contributed by atoms with Gasteiger partial charge in [0.15, 0.2) is 0 Å². The maximum absolute atomic E-state index is 10.8. The second-order valence-corrected chi connectivity index (χ2v) is 7.08. The van der Waals surface area contributed by atoms with E-state index >= 15 is 0 Å². The van der Waals surface area contributed by atoms with Crippen LogP contribution in [0.1, 0.15) is 0 Å². The van der Waals surface area contributed by atoms with Gasteiger partial charge in [0.1, 0.15) is 5.75 Å². The van der Waals surface area contributed by atoms with Crippen LogP contribution in [0.3, 0.4) is 0 Å². The highest BCUT2D eigenvalue weighted by atomic mass is 16.6. The van der Waals surface area contributed by atoms with Crippen molar-refractivity contribution in [1.82, 2.24) is 0 Å². The fourth-order valence-electron chi connectivity index (χ4n) is 3.05. The van der Waals surface area contributed by atoms with Gasteiger partial charge in [0.25, 0.3) is 5.69 Å². The average Bonchev–Trinajstić information content (AvgIpc) is 2.83. The summed E-state index contributed by atoms with van der Waals surface area (Å²) in [6.45, 7) is 4.94. The number of non-ortho nitro benzene ring substituents is 1. The Morgan fingerprint density at radius 3 is 1.79 bits per heavy atom.